The zero-order chi connectivity index (χ0) is 23.7. The Balaban J connectivity index is 0.00000114. The van der Waals surface area contributed by atoms with Crippen molar-refractivity contribution < 1.29 is 19.5 Å². The van der Waals surface area contributed by atoms with Crippen LogP contribution in [0.1, 0.15) is 40.8 Å². The Morgan fingerprint density at radius 2 is 1.88 bits per heavy atom. The van der Waals surface area contributed by atoms with Gasteiger partial charge in [0.25, 0.3) is 12.4 Å². The molecular formula is C22H28N6O4. The van der Waals surface area contributed by atoms with Crippen molar-refractivity contribution in [1.82, 2.24) is 19.3 Å². The van der Waals surface area contributed by atoms with Crippen LogP contribution in [0.15, 0.2) is 36.8 Å². The number of nitrogens with zero attached hydrogens (tertiary/aromatic N) is 4. The Bertz CT molecular complexity index is 1090. The quantitative estimate of drug-likeness (QED) is 0.484. The Kier molecular flexibility index (Phi) is 8.70. The van der Waals surface area contributed by atoms with E-state index in [9.17, 15) is 9.59 Å². The molecule has 10 heteroatoms. The van der Waals surface area contributed by atoms with E-state index in [1.54, 1.807) is 23.0 Å². The Morgan fingerprint density at radius 3 is 2.47 bits per heavy atom. The molecule has 2 amide bonds. The van der Waals surface area contributed by atoms with E-state index in [1.165, 1.54) is 0 Å². The molecule has 32 heavy (non-hydrogen) atoms. The van der Waals surface area contributed by atoms with Crippen LogP contribution in [0.5, 0.6) is 0 Å². The summed E-state index contributed by atoms with van der Waals surface area (Å²) in [6, 6.07) is 5.27. The smallest absolute Gasteiger partial charge is 0.290 e. The SMILES string of the molecule is CCn1cc(NC(=O)c2ccc(C)c(NC(=O)CCn3ccnc3C)c2)c(C)n1.O=CO. The first-order chi connectivity index (χ1) is 15.3. The third-order valence-corrected chi connectivity index (χ3v) is 4.80. The average molecular weight is 441 g/mol. The lowest BCUT2D eigenvalue weighted by molar-refractivity contribution is -0.123. The number of carbonyl (C=O) groups is 3. The number of hydrogen-bond donors (Lipinski definition) is 3. The van der Waals surface area contributed by atoms with Crippen LogP contribution in [0.3, 0.4) is 0 Å². The molecule has 1 aromatic carbocycles. The predicted octanol–water partition coefficient (Wildman–Crippen LogP) is 3.01. The third kappa shape index (κ3) is 6.53. The van der Waals surface area contributed by atoms with Gasteiger partial charge in [-0.25, -0.2) is 4.98 Å². The van der Waals surface area contributed by atoms with E-state index in [0.29, 0.717) is 29.9 Å². The molecule has 2 aromatic heterocycles. The van der Waals surface area contributed by atoms with Gasteiger partial charge in [0.1, 0.15) is 5.82 Å². The number of amides is 2. The van der Waals surface area contributed by atoms with Crippen LogP contribution in [0.25, 0.3) is 0 Å². The van der Waals surface area contributed by atoms with E-state index >= 15 is 0 Å². The van der Waals surface area contributed by atoms with Crippen LogP contribution in [-0.2, 0) is 22.7 Å². The standard InChI is InChI=1S/C21H26N6O2.CH2O2/c1-5-27-13-19(15(3)25-27)24-21(29)17-7-6-14(2)18(12-17)23-20(28)8-10-26-11-9-22-16(26)4;2-1-3/h6-7,9,11-13H,5,8,10H2,1-4H3,(H,23,28)(H,24,29);1H,(H,2,3). The van der Waals surface area contributed by atoms with Crippen molar-refractivity contribution in [2.45, 2.75) is 47.2 Å². The zero-order valence-electron chi connectivity index (χ0n) is 18.6. The van der Waals surface area contributed by atoms with Gasteiger partial charge in [-0.15, -0.1) is 0 Å². The molecular weight excluding hydrogens is 412 g/mol. The topological polar surface area (TPSA) is 131 Å². The largest absolute Gasteiger partial charge is 0.483 e. The van der Waals surface area contributed by atoms with Gasteiger partial charge in [0.05, 0.1) is 11.4 Å². The molecule has 3 aromatic rings. The number of anilines is 2. The highest BCUT2D eigenvalue weighted by Gasteiger charge is 2.13. The van der Waals surface area contributed by atoms with Crippen molar-refractivity contribution in [1.29, 1.82) is 0 Å². The van der Waals surface area contributed by atoms with Gasteiger partial charge < -0.3 is 20.3 Å². The number of carbonyl (C=O) groups excluding carboxylic acids is 2. The zero-order valence-corrected chi connectivity index (χ0v) is 18.6. The normalized spacial score (nSPS) is 10.1. The summed E-state index contributed by atoms with van der Waals surface area (Å²) in [6.45, 7) is 8.67. The van der Waals surface area contributed by atoms with E-state index in [1.807, 2.05) is 50.7 Å². The Hall–Kier alpha value is -3.95. The summed E-state index contributed by atoms with van der Waals surface area (Å²) >= 11 is 0. The van der Waals surface area contributed by atoms with Gasteiger partial charge in [0.15, 0.2) is 0 Å². The maximum atomic E-state index is 12.7. The summed E-state index contributed by atoms with van der Waals surface area (Å²) in [5.41, 5.74) is 3.43. The van der Waals surface area contributed by atoms with Crippen molar-refractivity contribution in [3.8, 4) is 0 Å². The molecule has 10 nitrogen and oxygen atoms in total. The average Bonchev–Trinajstić information content (AvgIpc) is 3.33. The molecule has 0 bridgehead atoms. The molecule has 0 radical (unpaired) electrons. The third-order valence-electron chi connectivity index (χ3n) is 4.80. The number of benzene rings is 1. The summed E-state index contributed by atoms with van der Waals surface area (Å²) in [6.07, 6.45) is 5.69. The number of aryl methyl sites for hydroxylation is 5. The van der Waals surface area contributed by atoms with Gasteiger partial charge in [-0.3, -0.25) is 19.1 Å². The van der Waals surface area contributed by atoms with Crippen molar-refractivity contribution in [2.24, 2.45) is 0 Å². The van der Waals surface area contributed by atoms with Gasteiger partial charge in [-0.2, -0.15) is 5.10 Å². The highest BCUT2D eigenvalue weighted by Crippen LogP contribution is 2.20. The molecule has 0 unspecified atom stereocenters. The van der Waals surface area contributed by atoms with E-state index in [4.69, 9.17) is 9.90 Å². The minimum atomic E-state index is -0.250. The monoisotopic (exact) mass is 440 g/mol. The van der Waals surface area contributed by atoms with Crippen molar-refractivity contribution in [3.05, 3.63) is 59.4 Å². The van der Waals surface area contributed by atoms with E-state index in [-0.39, 0.29) is 18.3 Å². The Morgan fingerprint density at radius 1 is 1.16 bits per heavy atom. The van der Waals surface area contributed by atoms with Crippen LogP contribution >= 0.6 is 0 Å². The van der Waals surface area contributed by atoms with Gasteiger partial charge >= 0.3 is 0 Å². The maximum absolute atomic E-state index is 12.7. The molecule has 0 saturated heterocycles. The minimum Gasteiger partial charge on any atom is -0.483 e. The van der Waals surface area contributed by atoms with Gasteiger partial charge in [0.2, 0.25) is 5.91 Å². The van der Waals surface area contributed by atoms with Crippen LogP contribution in [-0.4, -0.2) is 42.7 Å². The fraction of sp³-hybridized carbons (Fsp3) is 0.318. The van der Waals surface area contributed by atoms with Crippen LogP contribution < -0.4 is 10.6 Å². The number of imidazole rings is 1. The predicted molar refractivity (Wildman–Crippen MR) is 121 cm³/mol. The van der Waals surface area contributed by atoms with E-state index in [0.717, 1.165) is 23.6 Å². The molecule has 0 aliphatic carbocycles. The number of aromatic nitrogens is 4. The molecule has 3 rings (SSSR count). The number of carboxylic acid groups (broad SMARTS) is 1. The van der Waals surface area contributed by atoms with Crippen molar-refractivity contribution in [2.75, 3.05) is 10.6 Å². The van der Waals surface area contributed by atoms with E-state index < -0.39 is 0 Å². The van der Waals surface area contributed by atoms with Crippen LogP contribution in [0.4, 0.5) is 11.4 Å². The molecule has 0 atom stereocenters. The highest BCUT2D eigenvalue weighted by atomic mass is 16.3. The first-order valence-electron chi connectivity index (χ1n) is 10.1. The minimum absolute atomic E-state index is 0.112. The first-order valence-corrected chi connectivity index (χ1v) is 10.1. The lowest BCUT2D eigenvalue weighted by Gasteiger charge is -2.11. The molecule has 170 valence electrons. The molecule has 3 N–H and O–H groups in total. The molecule has 2 heterocycles. The summed E-state index contributed by atoms with van der Waals surface area (Å²) in [7, 11) is 0. The molecule has 0 aliphatic heterocycles. The second kappa shape index (κ2) is 11.4. The first kappa shape index (κ1) is 24.3. The van der Waals surface area contributed by atoms with Crippen LogP contribution in [0.2, 0.25) is 0 Å². The number of nitrogens with one attached hydrogen (secondary N) is 2. The summed E-state index contributed by atoms with van der Waals surface area (Å²) in [5, 5.41) is 17.0. The van der Waals surface area contributed by atoms with Gasteiger partial charge in [-0.05, 0) is 45.4 Å². The summed E-state index contributed by atoms with van der Waals surface area (Å²) in [4.78, 5) is 37.5. The lowest BCUT2D eigenvalue weighted by Crippen LogP contribution is -2.17. The number of rotatable bonds is 7. The van der Waals surface area contributed by atoms with Crippen molar-refractivity contribution in [3.63, 3.8) is 0 Å². The van der Waals surface area contributed by atoms with Crippen LogP contribution in [0, 0.1) is 20.8 Å². The highest BCUT2D eigenvalue weighted by molar-refractivity contribution is 6.05. The van der Waals surface area contributed by atoms with E-state index in [2.05, 4.69) is 20.7 Å². The van der Waals surface area contributed by atoms with Gasteiger partial charge in [0, 0.05) is 49.4 Å². The fourth-order valence-corrected chi connectivity index (χ4v) is 2.97. The summed E-state index contributed by atoms with van der Waals surface area (Å²) in [5.74, 6) is 0.515. The summed E-state index contributed by atoms with van der Waals surface area (Å²) < 4.78 is 3.70. The second-order valence-corrected chi connectivity index (χ2v) is 7.04. The Labute approximate surface area is 186 Å². The number of hydrogen-bond acceptors (Lipinski definition) is 5. The second-order valence-electron chi connectivity index (χ2n) is 7.04. The van der Waals surface area contributed by atoms with Crippen molar-refractivity contribution >= 4 is 29.7 Å². The molecule has 0 spiro atoms. The molecule has 0 fully saturated rings. The molecule has 0 aliphatic rings. The van der Waals surface area contributed by atoms with Gasteiger partial charge in [-0.1, -0.05) is 6.07 Å². The maximum Gasteiger partial charge on any atom is 0.290 e. The fourth-order valence-electron chi connectivity index (χ4n) is 2.97. The molecule has 0 saturated carbocycles. The lowest BCUT2D eigenvalue weighted by atomic mass is 10.1.